The molecule has 0 bridgehead atoms. The zero-order valence-electron chi connectivity index (χ0n) is 15.4. The van der Waals surface area contributed by atoms with Crippen LogP contribution in [-0.4, -0.2) is 23.8 Å². The van der Waals surface area contributed by atoms with Crippen LogP contribution in [0.5, 0.6) is 0 Å². The largest absolute Gasteiger partial charge is 0.452 e. The Kier molecular flexibility index (Phi) is 5.93. The summed E-state index contributed by atoms with van der Waals surface area (Å²) in [5.41, 5.74) is 0.728. The Morgan fingerprint density at radius 3 is 2.15 bits per heavy atom. The van der Waals surface area contributed by atoms with E-state index in [-0.39, 0.29) is 5.78 Å². The van der Waals surface area contributed by atoms with Gasteiger partial charge in [0, 0.05) is 5.56 Å². The predicted octanol–water partition coefficient (Wildman–Crippen LogP) is 3.74. The molecule has 0 radical (unpaired) electrons. The van der Waals surface area contributed by atoms with Crippen LogP contribution in [0.25, 0.3) is 0 Å². The number of benzene rings is 2. The summed E-state index contributed by atoms with van der Waals surface area (Å²) in [4.78, 5) is 36.6. The van der Waals surface area contributed by atoms with Gasteiger partial charge in [-0.3, -0.25) is 14.4 Å². The van der Waals surface area contributed by atoms with Crippen molar-refractivity contribution < 1.29 is 19.1 Å². The molecule has 1 atom stereocenters. The fourth-order valence-electron chi connectivity index (χ4n) is 2.47. The number of esters is 1. The molecule has 2 aromatic carbocycles. The lowest BCUT2D eigenvalue weighted by Gasteiger charge is -2.25. The summed E-state index contributed by atoms with van der Waals surface area (Å²) in [5, 5.41) is 2.65. The van der Waals surface area contributed by atoms with Gasteiger partial charge in [0.25, 0.3) is 5.91 Å². The fourth-order valence-corrected chi connectivity index (χ4v) is 2.47. The maximum absolute atomic E-state index is 12.6. The summed E-state index contributed by atoms with van der Waals surface area (Å²) in [5.74, 6) is -1.14. The minimum absolute atomic E-state index is 0.157. The zero-order chi connectivity index (χ0) is 19.3. The second-order valence-electron chi connectivity index (χ2n) is 6.63. The first-order valence-electron chi connectivity index (χ1n) is 8.41. The van der Waals surface area contributed by atoms with Crippen molar-refractivity contribution in [3.63, 3.8) is 0 Å². The van der Waals surface area contributed by atoms with E-state index in [0.717, 1.165) is 5.56 Å². The van der Waals surface area contributed by atoms with Crippen LogP contribution in [0.2, 0.25) is 0 Å². The van der Waals surface area contributed by atoms with Crippen molar-refractivity contribution in [2.45, 2.75) is 39.2 Å². The van der Waals surface area contributed by atoms with Gasteiger partial charge in [-0.2, -0.15) is 0 Å². The Morgan fingerprint density at radius 1 is 0.962 bits per heavy atom. The highest BCUT2D eigenvalue weighted by Gasteiger charge is 2.33. The third-order valence-corrected chi connectivity index (χ3v) is 4.22. The third-order valence-electron chi connectivity index (χ3n) is 4.22. The Morgan fingerprint density at radius 2 is 1.54 bits per heavy atom. The first kappa shape index (κ1) is 19.4. The van der Waals surface area contributed by atoms with Crippen LogP contribution < -0.4 is 5.32 Å². The van der Waals surface area contributed by atoms with E-state index < -0.39 is 23.4 Å². The van der Waals surface area contributed by atoms with Gasteiger partial charge in [0.2, 0.25) is 0 Å². The number of hydrogen-bond donors (Lipinski definition) is 1. The average Bonchev–Trinajstić information content (AvgIpc) is 2.62. The van der Waals surface area contributed by atoms with Gasteiger partial charge >= 0.3 is 5.97 Å². The lowest BCUT2D eigenvalue weighted by molar-refractivity contribution is -0.158. The molecule has 136 valence electrons. The number of nitrogens with one attached hydrogen (secondary N) is 1. The third kappa shape index (κ3) is 4.36. The predicted molar refractivity (Wildman–Crippen MR) is 100 cm³/mol. The van der Waals surface area contributed by atoms with Crippen LogP contribution >= 0.6 is 0 Å². The number of amides is 1. The molecule has 0 spiro atoms. The lowest BCUT2D eigenvalue weighted by Crippen LogP contribution is -2.37. The molecule has 0 saturated carbocycles. The molecule has 0 heterocycles. The van der Waals surface area contributed by atoms with Gasteiger partial charge in [0.15, 0.2) is 11.9 Å². The van der Waals surface area contributed by atoms with Crippen LogP contribution in [-0.2, 0) is 19.7 Å². The summed E-state index contributed by atoms with van der Waals surface area (Å²) in [6.07, 6.45) is -0.995. The first-order chi connectivity index (χ1) is 12.2. The molecule has 0 aliphatic carbocycles. The van der Waals surface area contributed by atoms with Crippen LogP contribution in [0.15, 0.2) is 54.6 Å². The smallest absolute Gasteiger partial charge is 0.316 e. The Bertz CT molecular complexity index is 812. The van der Waals surface area contributed by atoms with Crippen LogP contribution in [0.4, 0.5) is 5.69 Å². The molecule has 0 fully saturated rings. The van der Waals surface area contributed by atoms with Crippen molar-refractivity contribution in [1.29, 1.82) is 0 Å². The average molecular weight is 353 g/mol. The van der Waals surface area contributed by atoms with Gasteiger partial charge in [-0.15, -0.1) is 0 Å². The van der Waals surface area contributed by atoms with Crippen molar-refractivity contribution in [3.8, 4) is 0 Å². The number of para-hydroxylation sites is 1. The molecular formula is C21H23NO4. The van der Waals surface area contributed by atoms with Crippen molar-refractivity contribution in [2.75, 3.05) is 5.32 Å². The van der Waals surface area contributed by atoms with Gasteiger partial charge in [0.05, 0.1) is 11.1 Å². The summed E-state index contributed by atoms with van der Waals surface area (Å²) >= 11 is 0. The van der Waals surface area contributed by atoms with Gasteiger partial charge in [-0.25, -0.2) is 0 Å². The molecule has 0 aromatic heterocycles. The monoisotopic (exact) mass is 353 g/mol. The summed E-state index contributed by atoms with van der Waals surface area (Å²) in [7, 11) is 0. The Hall–Kier alpha value is -2.95. The van der Waals surface area contributed by atoms with Crippen LogP contribution in [0.1, 0.15) is 43.6 Å². The van der Waals surface area contributed by atoms with Crippen LogP contribution in [0.3, 0.4) is 0 Å². The molecule has 0 unspecified atom stereocenters. The molecule has 0 aliphatic rings. The number of anilines is 1. The highest BCUT2D eigenvalue weighted by molar-refractivity contribution is 6.04. The fraction of sp³-hybridized carbons (Fsp3) is 0.286. The maximum atomic E-state index is 12.6. The first-order valence-corrected chi connectivity index (χ1v) is 8.41. The topological polar surface area (TPSA) is 72.5 Å². The van der Waals surface area contributed by atoms with Gasteiger partial charge in [-0.05, 0) is 45.4 Å². The van der Waals surface area contributed by atoms with E-state index >= 15 is 0 Å². The van der Waals surface area contributed by atoms with Gasteiger partial charge in [-0.1, -0.05) is 42.5 Å². The zero-order valence-corrected chi connectivity index (χ0v) is 15.4. The van der Waals surface area contributed by atoms with Gasteiger partial charge < -0.3 is 10.1 Å². The maximum Gasteiger partial charge on any atom is 0.316 e. The highest BCUT2D eigenvalue weighted by atomic mass is 16.5. The summed E-state index contributed by atoms with van der Waals surface area (Å²) in [6, 6.07) is 16.0. The molecule has 1 amide bonds. The standard InChI is InChI=1S/C21H23NO4/c1-14(23)17-12-8-9-13-18(17)22-19(24)15(2)26-20(25)21(3,4)16-10-6-5-7-11-16/h5-13,15H,1-4H3,(H,22,24)/t15-/m0/s1. The van der Waals surface area contributed by atoms with Crippen molar-refractivity contribution >= 4 is 23.3 Å². The molecule has 5 nitrogen and oxygen atoms in total. The second kappa shape index (κ2) is 7.95. The molecule has 26 heavy (non-hydrogen) atoms. The van der Waals surface area contributed by atoms with Crippen molar-refractivity contribution in [3.05, 3.63) is 65.7 Å². The van der Waals surface area contributed by atoms with Gasteiger partial charge in [0.1, 0.15) is 0 Å². The number of carbonyl (C=O) groups excluding carboxylic acids is 3. The SMILES string of the molecule is CC(=O)c1ccccc1NC(=O)[C@H](C)OC(=O)C(C)(C)c1ccccc1. The number of hydrogen-bond acceptors (Lipinski definition) is 4. The molecule has 1 N–H and O–H groups in total. The minimum atomic E-state index is -0.995. The molecule has 2 aromatic rings. The summed E-state index contributed by atoms with van der Waals surface area (Å²) in [6.45, 7) is 6.43. The van der Waals surface area contributed by atoms with E-state index in [4.69, 9.17) is 4.74 Å². The molecule has 0 aliphatic heterocycles. The van der Waals surface area contributed by atoms with E-state index in [1.807, 2.05) is 30.3 Å². The second-order valence-corrected chi connectivity index (χ2v) is 6.63. The van der Waals surface area contributed by atoms with E-state index in [2.05, 4.69) is 5.32 Å². The van der Waals surface area contributed by atoms with E-state index in [9.17, 15) is 14.4 Å². The lowest BCUT2D eigenvalue weighted by atomic mass is 9.85. The normalized spacial score (nSPS) is 12.2. The number of ether oxygens (including phenoxy) is 1. The number of carbonyl (C=O) groups is 3. The molecule has 5 heteroatoms. The number of Topliss-reactive ketones (excluding diaryl/α,β-unsaturated/α-hetero) is 1. The van der Waals surface area contributed by atoms with E-state index in [1.165, 1.54) is 13.8 Å². The summed E-state index contributed by atoms with van der Waals surface area (Å²) < 4.78 is 5.37. The highest BCUT2D eigenvalue weighted by Crippen LogP contribution is 2.25. The Balaban J connectivity index is 2.08. The molecule has 0 saturated heterocycles. The Labute approximate surface area is 153 Å². The molecule has 2 rings (SSSR count). The van der Waals surface area contributed by atoms with E-state index in [0.29, 0.717) is 11.3 Å². The number of rotatable bonds is 6. The van der Waals surface area contributed by atoms with Crippen molar-refractivity contribution in [1.82, 2.24) is 0 Å². The number of ketones is 1. The van der Waals surface area contributed by atoms with Crippen molar-refractivity contribution in [2.24, 2.45) is 0 Å². The van der Waals surface area contributed by atoms with Crippen LogP contribution in [0, 0.1) is 0 Å². The quantitative estimate of drug-likeness (QED) is 0.634. The molecular weight excluding hydrogens is 330 g/mol. The van der Waals surface area contributed by atoms with E-state index in [1.54, 1.807) is 38.1 Å². The minimum Gasteiger partial charge on any atom is -0.452 e.